The topological polar surface area (TPSA) is 48.3 Å². The van der Waals surface area contributed by atoms with E-state index in [1.807, 2.05) is 12.2 Å². The fourth-order valence-electron chi connectivity index (χ4n) is 4.62. The Kier molecular flexibility index (Phi) is 3.53. The maximum Gasteiger partial charge on any atom is 0.272 e. The molecule has 0 saturated heterocycles. The average molecular weight is 326 g/mol. The van der Waals surface area contributed by atoms with Gasteiger partial charge in [-0.3, -0.25) is 4.79 Å². The summed E-state index contributed by atoms with van der Waals surface area (Å²) in [5, 5.41) is 8.53. The standard InChI is InChI=1S/C19H26N4O/c1-19(2)10-13-17-15(11-19)23(9-8-22(3)4)14-7-5-6-12(16(14)17)18(24)21-20-13/h5-7,12-13,16H,8-11H2,1-4H3. The lowest BCUT2D eigenvalue weighted by molar-refractivity contribution is -0.121. The smallest absolute Gasteiger partial charge is 0.272 e. The molecule has 0 bridgehead atoms. The van der Waals surface area contributed by atoms with E-state index in [1.54, 1.807) is 0 Å². The summed E-state index contributed by atoms with van der Waals surface area (Å²) in [7, 11) is 4.21. The molecule has 5 nitrogen and oxygen atoms in total. The number of carbonyl (C=O) groups is 1. The number of allylic oxidation sites excluding steroid dienone is 4. The summed E-state index contributed by atoms with van der Waals surface area (Å²) < 4.78 is 0. The Labute approximate surface area is 143 Å². The summed E-state index contributed by atoms with van der Waals surface area (Å²) in [5.74, 6) is -0.111. The van der Waals surface area contributed by atoms with Crippen LogP contribution >= 0.6 is 0 Å². The highest BCUT2D eigenvalue weighted by atomic mass is 16.2. The van der Waals surface area contributed by atoms with Crippen LogP contribution in [0.1, 0.15) is 26.7 Å². The SMILES string of the molecule is CN(C)CCN1C2=CC=CC3C(=O)N=NC4CC(C)(C)CC1=C4C23. The molecule has 0 radical (unpaired) electrons. The van der Waals surface area contributed by atoms with Crippen molar-refractivity contribution in [3.05, 3.63) is 35.2 Å². The van der Waals surface area contributed by atoms with E-state index in [0.717, 1.165) is 25.9 Å². The van der Waals surface area contributed by atoms with Crippen LogP contribution in [-0.4, -0.2) is 48.9 Å². The second-order valence-corrected chi connectivity index (χ2v) is 8.45. The second-order valence-electron chi connectivity index (χ2n) is 8.45. The molecule has 0 aromatic carbocycles. The fraction of sp³-hybridized carbons (Fsp3) is 0.632. The first-order valence-electron chi connectivity index (χ1n) is 8.86. The summed E-state index contributed by atoms with van der Waals surface area (Å²) in [6.07, 6.45) is 8.26. The predicted molar refractivity (Wildman–Crippen MR) is 93.2 cm³/mol. The van der Waals surface area contributed by atoms with Gasteiger partial charge in [-0.15, -0.1) is 5.11 Å². The molecule has 3 unspecified atom stereocenters. The van der Waals surface area contributed by atoms with Gasteiger partial charge < -0.3 is 9.80 Å². The number of amides is 1. The fourth-order valence-corrected chi connectivity index (χ4v) is 4.62. The highest BCUT2D eigenvalue weighted by molar-refractivity contribution is 5.83. The van der Waals surface area contributed by atoms with Gasteiger partial charge in [0.25, 0.3) is 5.91 Å². The minimum absolute atomic E-state index is 0.0574. The molecule has 0 aromatic heterocycles. The molecule has 0 N–H and O–H groups in total. The van der Waals surface area contributed by atoms with Crippen molar-refractivity contribution in [3.63, 3.8) is 0 Å². The van der Waals surface area contributed by atoms with Crippen molar-refractivity contribution in [2.75, 3.05) is 27.2 Å². The van der Waals surface area contributed by atoms with Crippen molar-refractivity contribution in [1.29, 1.82) is 0 Å². The van der Waals surface area contributed by atoms with Gasteiger partial charge in [0.15, 0.2) is 0 Å². The quantitative estimate of drug-likeness (QED) is 0.801. The van der Waals surface area contributed by atoms with E-state index in [1.165, 1.54) is 17.0 Å². The van der Waals surface area contributed by atoms with Gasteiger partial charge in [-0.25, -0.2) is 0 Å². The van der Waals surface area contributed by atoms with E-state index in [-0.39, 0.29) is 29.2 Å². The average Bonchev–Trinajstić information content (AvgIpc) is 2.74. The molecule has 0 spiro atoms. The van der Waals surface area contributed by atoms with Crippen LogP contribution in [0.4, 0.5) is 0 Å². The zero-order valence-corrected chi connectivity index (χ0v) is 15.0. The largest absolute Gasteiger partial charge is 0.347 e. The molecule has 4 aliphatic rings. The molecular formula is C19H26N4O. The Morgan fingerprint density at radius 2 is 2.17 bits per heavy atom. The highest BCUT2D eigenvalue weighted by Crippen LogP contribution is 2.54. The van der Waals surface area contributed by atoms with E-state index in [4.69, 9.17) is 0 Å². The summed E-state index contributed by atoms with van der Waals surface area (Å²) in [6.45, 7) is 6.56. The molecule has 1 amide bonds. The molecular weight excluding hydrogens is 300 g/mol. The van der Waals surface area contributed by atoms with Gasteiger partial charge in [-0.05, 0) is 44.0 Å². The van der Waals surface area contributed by atoms with Gasteiger partial charge in [0.1, 0.15) is 0 Å². The maximum absolute atomic E-state index is 12.5. The van der Waals surface area contributed by atoms with Crippen molar-refractivity contribution < 1.29 is 4.79 Å². The number of hydrogen-bond donors (Lipinski definition) is 0. The Morgan fingerprint density at radius 3 is 2.92 bits per heavy atom. The molecule has 2 heterocycles. The Bertz CT molecular complexity index is 698. The maximum atomic E-state index is 12.5. The monoisotopic (exact) mass is 326 g/mol. The van der Waals surface area contributed by atoms with Crippen LogP contribution in [-0.2, 0) is 4.79 Å². The Hall–Kier alpha value is -1.75. The Morgan fingerprint density at radius 1 is 1.38 bits per heavy atom. The zero-order valence-electron chi connectivity index (χ0n) is 15.0. The molecule has 3 atom stereocenters. The second kappa shape index (κ2) is 5.38. The third-order valence-electron chi connectivity index (χ3n) is 5.67. The van der Waals surface area contributed by atoms with Crippen molar-refractivity contribution in [3.8, 4) is 0 Å². The minimum atomic E-state index is -0.172. The summed E-state index contributed by atoms with van der Waals surface area (Å²) in [5.41, 5.74) is 4.22. The first-order chi connectivity index (χ1) is 11.4. The van der Waals surface area contributed by atoms with E-state index < -0.39 is 0 Å². The Balaban J connectivity index is 1.82. The molecule has 2 aliphatic carbocycles. The van der Waals surface area contributed by atoms with Crippen molar-refractivity contribution >= 4 is 5.91 Å². The van der Waals surface area contributed by atoms with Crippen molar-refractivity contribution in [2.24, 2.45) is 27.5 Å². The van der Waals surface area contributed by atoms with Gasteiger partial charge in [0.2, 0.25) is 0 Å². The van der Waals surface area contributed by atoms with Gasteiger partial charge in [-0.2, -0.15) is 5.11 Å². The van der Waals surface area contributed by atoms with E-state index in [0.29, 0.717) is 0 Å². The van der Waals surface area contributed by atoms with Gasteiger partial charge in [0.05, 0.1) is 12.0 Å². The summed E-state index contributed by atoms with van der Waals surface area (Å²) in [6, 6.07) is 0.0574. The van der Waals surface area contributed by atoms with Crippen molar-refractivity contribution in [2.45, 2.75) is 32.7 Å². The first-order valence-corrected chi connectivity index (χ1v) is 8.86. The number of likely N-dealkylation sites (N-methyl/N-ethyl adjacent to an activating group) is 1. The lowest BCUT2D eigenvalue weighted by atomic mass is 9.70. The molecule has 0 saturated carbocycles. The van der Waals surface area contributed by atoms with Crippen LogP contribution in [0.15, 0.2) is 45.4 Å². The predicted octanol–water partition coefficient (Wildman–Crippen LogP) is 2.98. The zero-order chi connectivity index (χ0) is 17.1. The van der Waals surface area contributed by atoms with Crippen LogP contribution in [0.25, 0.3) is 0 Å². The number of azo groups is 1. The van der Waals surface area contributed by atoms with E-state index >= 15 is 0 Å². The van der Waals surface area contributed by atoms with Crippen LogP contribution in [0.5, 0.6) is 0 Å². The molecule has 0 fully saturated rings. The summed E-state index contributed by atoms with van der Waals surface area (Å²) >= 11 is 0. The molecule has 24 heavy (non-hydrogen) atoms. The van der Waals surface area contributed by atoms with Gasteiger partial charge in [0, 0.05) is 30.4 Å². The highest BCUT2D eigenvalue weighted by Gasteiger charge is 2.51. The molecule has 128 valence electrons. The van der Waals surface area contributed by atoms with Gasteiger partial charge in [-0.1, -0.05) is 26.0 Å². The molecule has 0 aromatic rings. The lowest BCUT2D eigenvalue weighted by Crippen LogP contribution is -2.33. The number of hydrogen-bond acceptors (Lipinski definition) is 4. The molecule has 2 aliphatic heterocycles. The number of nitrogens with zero attached hydrogens (tertiary/aromatic N) is 4. The molecule has 4 rings (SSSR count). The minimum Gasteiger partial charge on any atom is -0.347 e. The number of carbonyl (C=O) groups excluding carboxylic acids is 1. The van der Waals surface area contributed by atoms with E-state index in [9.17, 15) is 4.79 Å². The van der Waals surface area contributed by atoms with Gasteiger partial charge >= 0.3 is 0 Å². The van der Waals surface area contributed by atoms with Crippen LogP contribution in [0.2, 0.25) is 0 Å². The van der Waals surface area contributed by atoms with Crippen LogP contribution in [0, 0.1) is 17.3 Å². The lowest BCUT2D eigenvalue weighted by Gasteiger charge is -2.37. The third kappa shape index (κ3) is 2.37. The normalized spacial score (nSPS) is 33.0. The van der Waals surface area contributed by atoms with Crippen LogP contribution < -0.4 is 0 Å². The third-order valence-corrected chi connectivity index (χ3v) is 5.67. The first kappa shape index (κ1) is 15.8. The number of rotatable bonds is 3. The summed E-state index contributed by atoms with van der Waals surface area (Å²) in [4.78, 5) is 17.2. The molecule has 5 heteroatoms. The van der Waals surface area contributed by atoms with Crippen molar-refractivity contribution in [1.82, 2.24) is 9.80 Å². The van der Waals surface area contributed by atoms with Crippen LogP contribution in [0.3, 0.4) is 0 Å². The van der Waals surface area contributed by atoms with E-state index in [2.05, 4.69) is 54.0 Å².